The van der Waals surface area contributed by atoms with E-state index in [0.717, 1.165) is 19.3 Å². The lowest BCUT2D eigenvalue weighted by Gasteiger charge is -2.52. The minimum absolute atomic E-state index is 0.0450. The summed E-state index contributed by atoms with van der Waals surface area (Å²) in [6.07, 6.45) is 5.52. The van der Waals surface area contributed by atoms with Gasteiger partial charge < -0.3 is 10.6 Å². The molecule has 2 unspecified atom stereocenters. The Balaban J connectivity index is 2.34. The van der Waals surface area contributed by atoms with E-state index >= 15 is 0 Å². The number of nitrogens with zero attached hydrogens (tertiary/aromatic N) is 1. The molecule has 1 fully saturated rings. The van der Waals surface area contributed by atoms with Gasteiger partial charge in [-0.2, -0.15) is 0 Å². The highest BCUT2D eigenvalue weighted by molar-refractivity contribution is 5.24. The molecule has 0 saturated heterocycles. The highest BCUT2D eigenvalue weighted by Gasteiger charge is 2.49. The zero-order valence-electron chi connectivity index (χ0n) is 11.4. The molecule has 2 aliphatic rings. The summed E-state index contributed by atoms with van der Waals surface area (Å²) in [7, 11) is 0. The van der Waals surface area contributed by atoms with Gasteiger partial charge in [0.05, 0.1) is 0 Å². The standard InChI is InChI=1S/C13H22N2O3/c1-11(2)4-10-5-12(3,18-15(16)17)8-13(6-10,7-11)9-14/h5H,4,6-9,14H2,1-3H3. The Hall–Kier alpha value is -1.10. The molecule has 102 valence electrons. The first kappa shape index (κ1) is 13.3. The van der Waals surface area contributed by atoms with Crippen molar-refractivity contribution in [3.63, 3.8) is 0 Å². The van der Waals surface area contributed by atoms with Crippen LogP contribution in [0.5, 0.6) is 0 Å². The van der Waals surface area contributed by atoms with Gasteiger partial charge in [-0.15, -0.1) is 10.1 Å². The second kappa shape index (κ2) is 3.95. The quantitative estimate of drug-likeness (QED) is 0.476. The summed E-state index contributed by atoms with van der Waals surface area (Å²) in [5, 5.41) is 9.95. The Bertz CT molecular complexity index is 405. The van der Waals surface area contributed by atoms with Crippen molar-refractivity contribution in [2.45, 2.75) is 52.1 Å². The first-order valence-electron chi connectivity index (χ1n) is 6.42. The predicted molar refractivity (Wildman–Crippen MR) is 68.3 cm³/mol. The van der Waals surface area contributed by atoms with Crippen LogP contribution in [0, 0.1) is 20.9 Å². The van der Waals surface area contributed by atoms with E-state index in [1.54, 1.807) is 6.92 Å². The molecule has 18 heavy (non-hydrogen) atoms. The van der Waals surface area contributed by atoms with Crippen LogP contribution in [0.3, 0.4) is 0 Å². The molecule has 0 aromatic carbocycles. The van der Waals surface area contributed by atoms with Gasteiger partial charge >= 0.3 is 0 Å². The van der Waals surface area contributed by atoms with E-state index in [-0.39, 0.29) is 10.8 Å². The Labute approximate surface area is 107 Å². The first-order valence-corrected chi connectivity index (χ1v) is 6.42. The van der Waals surface area contributed by atoms with Crippen molar-refractivity contribution >= 4 is 0 Å². The van der Waals surface area contributed by atoms with Gasteiger partial charge in [0, 0.05) is 0 Å². The van der Waals surface area contributed by atoms with E-state index in [9.17, 15) is 10.1 Å². The lowest BCUT2D eigenvalue weighted by atomic mass is 9.55. The summed E-state index contributed by atoms with van der Waals surface area (Å²) in [4.78, 5) is 15.5. The molecular weight excluding hydrogens is 232 g/mol. The van der Waals surface area contributed by atoms with Gasteiger partial charge in [-0.3, -0.25) is 0 Å². The summed E-state index contributed by atoms with van der Waals surface area (Å²) in [5.74, 6) is 0. The highest BCUT2D eigenvalue weighted by Crippen LogP contribution is 2.55. The SMILES string of the molecule is CC1(C)CC2=CC(C)(O[N+](=O)[O-])CC(CN)(C2)C1. The molecule has 0 amide bonds. The van der Waals surface area contributed by atoms with Crippen molar-refractivity contribution in [3.05, 3.63) is 21.8 Å². The van der Waals surface area contributed by atoms with Crippen molar-refractivity contribution in [2.75, 3.05) is 6.54 Å². The molecule has 0 spiro atoms. The minimum atomic E-state index is -0.813. The van der Waals surface area contributed by atoms with Crippen LogP contribution in [0.2, 0.25) is 0 Å². The summed E-state index contributed by atoms with van der Waals surface area (Å²) < 4.78 is 0. The molecule has 2 atom stereocenters. The van der Waals surface area contributed by atoms with Gasteiger partial charge in [-0.25, -0.2) is 0 Å². The number of fused-ring (bicyclic) bond motifs is 2. The Morgan fingerprint density at radius 3 is 2.61 bits per heavy atom. The molecule has 0 aliphatic heterocycles. The van der Waals surface area contributed by atoms with Crippen LogP contribution in [0.25, 0.3) is 0 Å². The second-order valence-corrected chi connectivity index (χ2v) is 7.01. The van der Waals surface area contributed by atoms with Crippen LogP contribution in [0.15, 0.2) is 11.6 Å². The number of hydrogen-bond acceptors (Lipinski definition) is 4. The Morgan fingerprint density at radius 1 is 1.39 bits per heavy atom. The molecule has 2 rings (SSSR count). The number of allylic oxidation sites excluding steroid dienone is 1. The van der Waals surface area contributed by atoms with Crippen LogP contribution in [0.4, 0.5) is 0 Å². The van der Waals surface area contributed by atoms with Gasteiger partial charge in [0.15, 0.2) is 0 Å². The normalized spacial score (nSPS) is 37.9. The van der Waals surface area contributed by atoms with Crippen LogP contribution in [0.1, 0.15) is 46.5 Å². The first-order chi connectivity index (χ1) is 8.18. The molecule has 0 heterocycles. The molecular formula is C13H22N2O3. The monoisotopic (exact) mass is 254 g/mol. The van der Waals surface area contributed by atoms with Crippen molar-refractivity contribution in [1.82, 2.24) is 0 Å². The highest BCUT2D eigenvalue weighted by atomic mass is 17.0. The Morgan fingerprint density at radius 2 is 2.06 bits per heavy atom. The summed E-state index contributed by atoms with van der Waals surface area (Å²) in [6.45, 7) is 6.82. The van der Waals surface area contributed by atoms with Crippen molar-refractivity contribution < 1.29 is 9.92 Å². The molecule has 1 saturated carbocycles. The maximum atomic E-state index is 10.6. The number of nitrogens with two attached hydrogens (primary N) is 1. The largest absolute Gasteiger partial charge is 0.330 e. The van der Waals surface area contributed by atoms with Gasteiger partial charge in [-0.05, 0) is 50.0 Å². The molecule has 0 aromatic rings. The second-order valence-electron chi connectivity index (χ2n) is 7.01. The third-order valence-corrected chi connectivity index (χ3v) is 4.11. The van der Waals surface area contributed by atoms with Crippen LogP contribution < -0.4 is 5.73 Å². The van der Waals surface area contributed by atoms with E-state index in [1.165, 1.54) is 5.57 Å². The fraction of sp³-hybridized carbons (Fsp3) is 0.846. The van der Waals surface area contributed by atoms with Crippen LogP contribution >= 0.6 is 0 Å². The van der Waals surface area contributed by atoms with Crippen molar-refractivity contribution in [2.24, 2.45) is 16.6 Å². The van der Waals surface area contributed by atoms with Crippen LogP contribution in [-0.2, 0) is 4.84 Å². The average Bonchev–Trinajstić information content (AvgIpc) is 2.10. The molecule has 0 aromatic heterocycles. The number of hydrogen-bond donors (Lipinski definition) is 1. The third kappa shape index (κ3) is 2.51. The zero-order valence-corrected chi connectivity index (χ0v) is 11.4. The minimum Gasteiger partial charge on any atom is -0.330 e. The van der Waals surface area contributed by atoms with E-state index < -0.39 is 10.7 Å². The van der Waals surface area contributed by atoms with Gasteiger partial charge in [0.1, 0.15) is 5.60 Å². The summed E-state index contributed by atoms with van der Waals surface area (Å²) in [5.41, 5.74) is 6.59. The predicted octanol–water partition coefficient (Wildman–Crippen LogP) is 2.44. The van der Waals surface area contributed by atoms with E-state index in [1.807, 2.05) is 6.08 Å². The molecule has 2 aliphatic carbocycles. The van der Waals surface area contributed by atoms with Crippen molar-refractivity contribution in [1.29, 1.82) is 0 Å². The van der Waals surface area contributed by atoms with Gasteiger partial charge in [-0.1, -0.05) is 25.5 Å². The molecule has 2 bridgehead atoms. The molecule has 0 radical (unpaired) electrons. The van der Waals surface area contributed by atoms with Crippen molar-refractivity contribution in [3.8, 4) is 0 Å². The lowest BCUT2D eigenvalue weighted by molar-refractivity contribution is -0.777. The Kier molecular flexibility index (Phi) is 2.93. The van der Waals surface area contributed by atoms with E-state index in [2.05, 4.69) is 13.8 Å². The zero-order chi connectivity index (χ0) is 13.6. The average molecular weight is 254 g/mol. The number of rotatable bonds is 3. The van der Waals surface area contributed by atoms with E-state index in [4.69, 9.17) is 10.6 Å². The molecule has 2 N–H and O–H groups in total. The van der Waals surface area contributed by atoms with Gasteiger partial charge in [0.25, 0.3) is 5.09 Å². The lowest BCUT2D eigenvalue weighted by Crippen LogP contribution is -2.49. The van der Waals surface area contributed by atoms with E-state index in [0.29, 0.717) is 13.0 Å². The van der Waals surface area contributed by atoms with Crippen LogP contribution in [-0.4, -0.2) is 17.2 Å². The van der Waals surface area contributed by atoms with Gasteiger partial charge in [0.2, 0.25) is 0 Å². The molecule has 5 heteroatoms. The molecule has 5 nitrogen and oxygen atoms in total. The summed E-state index contributed by atoms with van der Waals surface area (Å²) >= 11 is 0. The maximum Gasteiger partial charge on any atom is 0.295 e. The maximum absolute atomic E-state index is 10.6. The fourth-order valence-electron chi connectivity index (χ4n) is 4.20. The third-order valence-electron chi connectivity index (χ3n) is 4.11. The topological polar surface area (TPSA) is 78.4 Å². The summed E-state index contributed by atoms with van der Waals surface area (Å²) in [6, 6.07) is 0. The fourth-order valence-corrected chi connectivity index (χ4v) is 4.20. The smallest absolute Gasteiger partial charge is 0.295 e.